The molecule has 1 aliphatic heterocycles. The number of nitrogens with zero attached hydrogens (tertiary/aromatic N) is 1. The predicted molar refractivity (Wildman–Crippen MR) is 176 cm³/mol. The molecule has 2 aliphatic rings. The number of hydrogen-bond acceptors (Lipinski definition) is 5. The molecule has 2 aromatic rings. The molecule has 6 heteroatoms. The van der Waals surface area contributed by atoms with Crippen molar-refractivity contribution in [3.8, 4) is 5.75 Å². The van der Waals surface area contributed by atoms with Crippen LogP contribution in [0.4, 0.5) is 0 Å². The number of aliphatic hydroxyl groups excluding tert-OH is 1. The summed E-state index contributed by atoms with van der Waals surface area (Å²) in [5, 5.41) is 12.3. The molecule has 2 heterocycles. The van der Waals surface area contributed by atoms with Crippen LogP contribution < -0.4 is 4.74 Å². The van der Waals surface area contributed by atoms with Crippen molar-refractivity contribution in [2.45, 2.75) is 130 Å². The summed E-state index contributed by atoms with van der Waals surface area (Å²) in [5.41, 5.74) is 7.22. The fraction of sp³-hybridized carbons (Fsp3) is 0.639. The number of aromatic nitrogens is 1. The van der Waals surface area contributed by atoms with E-state index in [0.717, 1.165) is 53.1 Å². The maximum Gasteiger partial charge on any atom is 0.192 e. The average Bonchev–Trinajstić information content (AvgIpc) is 2.85. The van der Waals surface area contributed by atoms with Crippen LogP contribution in [-0.2, 0) is 15.6 Å². The fourth-order valence-electron chi connectivity index (χ4n) is 5.98. The lowest BCUT2D eigenvalue weighted by Gasteiger charge is -2.45. The van der Waals surface area contributed by atoms with E-state index >= 15 is 0 Å². The van der Waals surface area contributed by atoms with E-state index in [9.17, 15) is 5.11 Å². The number of ether oxygens (including phenoxy) is 2. The van der Waals surface area contributed by atoms with Gasteiger partial charge in [0.25, 0.3) is 0 Å². The van der Waals surface area contributed by atoms with Gasteiger partial charge < -0.3 is 19.0 Å². The SMILES string of the molecule is CC(C)c1nc2c(c(C3=CCOCC3)c1[C@H](O)c1ccc(OC(C)(C)C)cc1)C(O[Si](C)(C)C(C)(C)C)CC(C)(C)C2. The maximum atomic E-state index is 12.2. The molecule has 0 amide bonds. The topological polar surface area (TPSA) is 60.8 Å². The van der Waals surface area contributed by atoms with Gasteiger partial charge in [-0.2, -0.15) is 0 Å². The zero-order chi connectivity index (χ0) is 31.3. The summed E-state index contributed by atoms with van der Waals surface area (Å²) < 4.78 is 19.1. The van der Waals surface area contributed by atoms with E-state index in [1.54, 1.807) is 0 Å². The molecule has 2 atom stereocenters. The van der Waals surface area contributed by atoms with Crippen molar-refractivity contribution in [1.29, 1.82) is 0 Å². The van der Waals surface area contributed by atoms with Crippen molar-refractivity contribution in [1.82, 2.24) is 4.98 Å². The Bertz CT molecular complexity index is 1300. The molecule has 0 spiro atoms. The van der Waals surface area contributed by atoms with Crippen LogP contribution in [0.3, 0.4) is 0 Å². The highest BCUT2D eigenvalue weighted by molar-refractivity contribution is 6.74. The second-order valence-corrected chi connectivity index (χ2v) is 20.7. The van der Waals surface area contributed by atoms with Gasteiger partial charge in [-0.05, 0) is 98.3 Å². The zero-order valence-electron chi connectivity index (χ0n) is 28.3. The summed E-state index contributed by atoms with van der Waals surface area (Å²) >= 11 is 0. The summed E-state index contributed by atoms with van der Waals surface area (Å²) in [6.07, 6.45) is 3.94. The molecule has 1 aromatic carbocycles. The molecular formula is C36H55NO4Si. The van der Waals surface area contributed by atoms with Crippen molar-refractivity contribution < 1.29 is 19.0 Å². The maximum absolute atomic E-state index is 12.2. The van der Waals surface area contributed by atoms with E-state index in [0.29, 0.717) is 13.2 Å². The smallest absolute Gasteiger partial charge is 0.192 e. The van der Waals surface area contributed by atoms with E-state index in [2.05, 4.69) is 67.6 Å². The lowest BCUT2D eigenvalue weighted by molar-refractivity contribution is 0.105. The monoisotopic (exact) mass is 593 g/mol. The molecule has 1 N–H and O–H groups in total. The number of pyridine rings is 1. The van der Waals surface area contributed by atoms with E-state index < -0.39 is 14.4 Å². The molecule has 0 radical (unpaired) electrons. The van der Waals surface area contributed by atoms with Crippen molar-refractivity contribution >= 4 is 13.9 Å². The summed E-state index contributed by atoms with van der Waals surface area (Å²) in [6, 6.07) is 7.91. The van der Waals surface area contributed by atoms with E-state index in [1.807, 2.05) is 45.0 Å². The first-order valence-corrected chi connectivity index (χ1v) is 18.7. The third-order valence-electron chi connectivity index (χ3n) is 9.05. The Morgan fingerprint density at radius 1 is 1.05 bits per heavy atom. The van der Waals surface area contributed by atoms with Crippen molar-refractivity contribution in [2.75, 3.05) is 13.2 Å². The molecule has 0 saturated carbocycles. The Morgan fingerprint density at radius 2 is 1.69 bits per heavy atom. The predicted octanol–water partition coefficient (Wildman–Crippen LogP) is 9.30. The van der Waals surface area contributed by atoms with Gasteiger partial charge in [0.1, 0.15) is 17.5 Å². The van der Waals surface area contributed by atoms with Crippen LogP contribution >= 0.6 is 0 Å². The van der Waals surface area contributed by atoms with Gasteiger partial charge in [-0.1, -0.05) is 66.7 Å². The lowest BCUT2D eigenvalue weighted by Crippen LogP contribution is -2.44. The van der Waals surface area contributed by atoms with Crippen LogP contribution in [0.15, 0.2) is 30.3 Å². The Morgan fingerprint density at radius 3 is 2.21 bits per heavy atom. The quantitative estimate of drug-likeness (QED) is 0.324. The van der Waals surface area contributed by atoms with Gasteiger partial charge in [0.05, 0.1) is 19.3 Å². The summed E-state index contributed by atoms with van der Waals surface area (Å²) in [7, 11) is -2.11. The molecule has 5 nitrogen and oxygen atoms in total. The Labute approximate surface area is 256 Å². The molecular weight excluding hydrogens is 538 g/mol. The number of rotatable bonds is 7. The first-order chi connectivity index (χ1) is 19.3. The summed E-state index contributed by atoms with van der Waals surface area (Å²) in [4.78, 5) is 5.41. The third kappa shape index (κ3) is 7.20. The van der Waals surface area contributed by atoms with Crippen LogP contribution in [0, 0.1) is 5.41 Å². The normalized spacial score (nSPS) is 20.2. The number of benzene rings is 1. The van der Waals surface area contributed by atoms with Gasteiger partial charge >= 0.3 is 0 Å². The van der Waals surface area contributed by atoms with Crippen LogP contribution in [0.2, 0.25) is 18.1 Å². The second-order valence-electron chi connectivity index (χ2n) is 16.0. The minimum absolute atomic E-state index is 0.0611. The van der Waals surface area contributed by atoms with Crippen molar-refractivity contribution in [3.63, 3.8) is 0 Å². The molecule has 1 aromatic heterocycles. The molecule has 0 bridgehead atoms. The molecule has 232 valence electrons. The van der Waals surface area contributed by atoms with Gasteiger partial charge in [0, 0.05) is 22.5 Å². The number of hydrogen-bond donors (Lipinski definition) is 1. The van der Waals surface area contributed by atoms with Gasteiger partial charge in [0.15, 0.2) is 8.32 Å². The van der Waals surface area contributed by atoms with Gasteiger partial charge in [-0.3, -0.25) is 4.98 Å². The highest BCUT2D eigenvalue weighted by Crippen LogP contribution is 2.51. The molecule has 0 fully saturated rings. The average molecular weight is 594 g/mol. The van der Waals surface area contributed by atoms with Crippen LogP contribution in [0.25, 0.3) is 5.57 Å². The van der Waals surface area contributed by atoms with E-state index in [1.165, 1.54) is 11.1 Å². The Balaban J connectivity index is 1.97. The highest BCUT2D eigenvalue weighted by atomic mass is 28.4. The van der Waals surface area contributed by atoms with E-state index in [-0.39, 0.29) is 28.1 Å². The summed E-state index contributed by atoms with van der Waals surface area (Å²) in [6.45, 7) is 28.0. The number of aliphatic hydroxyl groups is 1. The Kier molecular flexibility index (Phi) is 9.27. The Hall–Kier alpha value is -1.99. The van der Waals surface area contributed by atoms with Gasteiger partial charge in [0.2, 0.25) is 0 Å². The van der Waals surface area contributed by atoms with Crippen LogP contribution in [-0.4, -0.2) is 37.2 Å². The van der Waals surface area contributed by atoms with Crippen molar-refractivity contribution in [2.24, 2.45) is 5.41 Å². The summed E-state index contributed by atoms with van der Waals surface area (Å²) in [5.74, 6) is 0.941. The second kappa shape index (κ2) is 11.8. The highest BCUT2D eigenvalue weighted by Gasteiger charge is 2.45. The van der Waals surface area contributed by atoms with Crippen molar-refractivity contribution in [3.05, 3.63) is 64.0 Å². The minimum atomic E-state index is -2.11. The number of fused-ring (bicyclic) bond motifs is 1. The molecule has 1 unspecified atom stereocenters. The molecule has 0 saturated heterocycles. The van der Waals surface area contributed by atoms with Gasteiger partial charge in [-0.15, -0.1) is 0 Å². The first-order valence-electron chi connectivity index (χ1n) is 15.8. The first kappa shape index (κ1) is 32.9. The zero-order valence-corrected chi connectivity index (χ0v) is 29.3. The van der Waals surface area contributed by atoms with E-state index in [4.69, 9.17) is 18.9 Å². The van der Waals surface area contributed by atoms with Gasteiger partial charge in [-0.25, -0.2) is 0 Å². The minimum Gasteiger partial charge on any atom is -0.488 e. The van der Waals surface area contributed by atoms with Crippen LogP contribution in [0.1, 0.15) is 134 Å². The third-order valence-corrected chi connectivity index (χ3v) is 13.5. The standard InChI is InChI=1S/C36H55NO4Si/c1-23(2)32-31(33(38)25-13-15-26(16-14-25)40-34(3,4)5)29(24-17-19-39-20-18-24)30-27(37-32)21-36(9,10)22-28(30)41-42(11,12)35(6,7)8/h13-17,23,28,33,38H,18-22H2,1-12H3/t28?,33-/m1/s1. The molecule has 4 rings (SSSR count). The lowest BCUT2D eigenvalue weighted by atomic mass is 9.71. The molecule has 42 heavy (non-hydrogen) atoms. The largest absolute Gasteiger partial charge is 0.488 e. The molecule has 1 aliphatic carbocycles. The van der Waals surface area contributed by atoms with Crippen LogP contribution in [0.5, 0.6) is 5.75 Å². The fourth-order valence-corrected chi connectivity index (χ4v) is 7.25.